The molecule has 22 heavy (non-hydrogen) atoms. The van der Waals surface area contributed by atoms with E-state index in [0.29, 0.717) is 17.1 Å². The molecule has 116 valence electrons. The van der Waals surface area contributed by atoms with Gasteiger partial charge in [0.15, 0.2) is 0 Å². The van der Waals surface area contributed by atoms with Crippen LogP contribution < -0.4 is 10.1 Å². The van der Waals surface area contributed by atoms with E-state index >= 15 is 0 Å². The van der Waals surface area contributed by atoms with Crippen molar-refractivity contribution in [2.24, 2.45) is 0 Å². The smallest absolute Gasteiger partial charge is 0.252 e. The first-order chi connectivity index (χ1) is 10.7. The van der Waals surface area contributed by atoms with Gasteiger partial charge in [0.1, 0.15) is 5.75 Å². The maximum Gasteiger partial charge on any atom is 0.252 e. The van der Waals surface area contributed by atoms with Crippen molar-refractivity contribution in [1.29, 1.82) is 0 Å². The van der Waals surface area contributed by atoms with Crippen molar-refractivity contribution in [3.05, 3.63) is 64.7 Å². The molecule has 0 bridgehead atoms. The Balaban J connectivity index is 2.05. The zero-order chi connectivity index (χ0) is 15.9. The summed E-state index contributed by atoms with van der Waals surface area (Å²) in [6.07, 6.45) is -0.262. The summed E-state index contributed by atoms with van der Waals surface area (Å²) in [7, 11) is 3.21. The van der Waals surface area contributed by atoms with Crippen molar-refractivity contribution in [3.8, 4) is 5.75 Å². The third kappa shape index (κ3) is 4.00. The van der Waals surface area contributed by atoms with Crippen molar-refractivity contribution in [2.75, 3.05) is 20.8 Å². The number of hydrogen-bond donors (Lipinski definition) is 1. The highest BCUT2D eigenvalue weighted by atomic mass is 35.5. The van der Waals surface area contributed by atoms with E-state index in [2.05, 4.69) is 5.32 Å². The summed E-state index contributed by atoms with van der Waals surface area (Å²) in [6.45, 7) is 0.341. The summed E-state index contributed by atoms with van der Waals surface area (Å²) >= 11 is 6.02. The van der Waals surface area contributed by atoms with Gasteiger partial charge in [0.05, 0.1) is 23.8 Å². The molecule has 1 amide bonds. The Kier molecular flexibility index (Phi) is 5.81. The Labute approximate surface area is 135 Å². The van der Waals surface area contributed by atoms with E-state index in [-0.39, 0.29) is 12.0 Å². The molecule has 5 heteroatoms. The van der Waals surface area contributed by atoms with Crippen LogP contribution in [0.4, 0.5) is 0 Å². The van der Waals surface area contributed by atoms with Gasteiger partial charge in [-0.3, -0.25) is 4.79 Å². The second-order valence-electron chi connectivity index (χ2n) is 4.69. The summed E-state index contributed by atoms with van der Waals surface area (Å²) in [4.78, 5) is 12.2. The maximum absolute atomic E-state index is 12.2. The average molecular weight is 320 g/mol. The molecule has 2 aromatic carbocycles. The van der Waals surface area contributed by atoms with Crippen LogP contribution >= 0.6 is 11.6 Å². The van der Waals surface area contributed by atoms with Crippen LogP contribution in [0.5, 0.6) is 5.75 Å². The van der Waals surface area contributed by atoms with Gasteiger partial charge in [0, 0.05) is 13.7 Å². The van der Waals surface area contributed by atoms with Gasteiger partial charge in [0.25, 0.3) is 5.91 Å². The molecule has 2 rings (SSSR count). The van der Waals surface area contributed by atoms with Crippen LogP contribution in [0.2, 0.25) is 5.02 Å². The summed E-state index contributed by atoms with van der Waals surface area (Å²) in [5.74, 6) is 0.521. The molecule has 0 heterocycles. The Bertz CT molecular complexity index is 645. The minimum atomic E-state index is -0.262. The van der Waals surface area contributed by atoms with Gasteiger partial charge in [-0.05, 0) is 29.8 Å². The van der Waals surface area contributed by atoms with E-state index in [0.717, 1.165) is 11.3 Å². The molecule has 0 fully saturated rings. The molecule has 0 aliphatic rings. The third-order valence-corrected chi connectivity index (χ3v) is 3.65. The van der Waals surface area contributed by atoms with Crippen molar-refractivity contribution in [2.45, 2.75) is 6.10 Å². The fraction of sp³-hybridized carbons (Fsp3) is 0.235. The van der Waals surface area contributed by atoms with E-state index in [4.69, 9.17) is 21.1 Å². The van der Waals surface area contributed by atoms with Gasteiger partial charge in [0.2, 0.25) is 0 Å². The lowest BCUT2D eigenvalue weighted by molar-refractivity contribution is 0.0827. The van der Waals surface area contributed by atoms with E-state index in [1.54, 1.807) is 38.5 Å². The molecule has 0 saturated carbocycles. The van der Waals surface area contributed by atoms with Crippen LogP contribution in [0.1, 0.15) is 22.0 Å². The number of methoxy groups -OCH3 is 2. The van der Waals surface area contributed by atoms with Crippen LogP contribution in [0, 0.1) is 0 Å². The Morgan fingerprint density at radius 2 is 1.95 bits per heavy atom. The number of amides is 1. The molecule has 1 unspecified atom stereocenters. The number of carbonyl (C=O) groups is 1. The standard InChI is InChI=1S/C17H18ClNO3/c1-21-13-7-5-6-12(10-13)16(22-2)11-19-17(20)14-8-3-4-9-15(14)18/h3-10,16H,11H2,1-2H3,(H,19,20). The second-order valence-corrected chi connectivity index (χ2v) is 5.10. The minimum absolute atomic E-state index is 0.226. The lowest BCUT2D eigenvalue weighted by atomic mass is 10.1. The SMILES string of the molecule is COc1cccc(C(CNC(=O)c2ccccc2Cl)OC)c1. The van der Waals surface area contributed by atoms with Crippen LogP contribution in [-0.4, -0.2) is 26.7 Å². The monoisotopic (exact) mass is 319 g/mol. The van der Waals surface area contributed by atoms with Gasteiger partial charge in [-0.15, -0.1) is 0 Å². The molecule has 4 nitrogen and oxygen atoms in total. The fourth-order valence-corrected chi connectivity index (χ4v) is 2.33. The molecule has 0 radical (unpaired) electrons. The second kappa shape index (κ2) is 7.82. The minimum Gasteiger partial charge on any atom is -0.497 e. The Hall–Kier alpha value is -2.04. The van der Waals surface area contributed by atoms with Gasteiger partial charge < -0.3 is 14.8 Å². The molecular weight excluding hydrogens is 302 g/mol. The molecule has 2 aromatic rings. The topological polar surface area (TPSA) is 47.6 Å². The van der Waals surface area contributed by atoms with Gasteiger partial charge in [-0.2, -0.15) is 0 Å². The van der Waals surface area contributed by atoms with Crippen molar-refractivity contribution >= 4 is 17.5 Å². The quantitative estimate of drug-likeness (QED) is 0.887. The first-order valence-electron chi connectivity index (χ1n) is 6.85. The summed E-state index contributed by atoms with van der Waals surface area (Å²) in [5.41, 5.74) is 1.38. The number of ether oxygens (including phenoxy) is 2. The Morgan fingerprint density at radius 1 is 1.18 bits per heavy atom. The number of nitrogens with one attached hydrogen (secondary N) is 1. The highest BCUT2D eigenvalue weighted by Crippen LogP contribution is 2.21. The third-order valence-electron chi connectivity index (χ3n) is 3.32. The highest BCUT2D eigenvalue weighted by molar-refractivity contribution is 6.33. The van der Waals surface area contributed by atoms with Crippen molar-refractivity contribution in [3.63, 3.8) is 0 Å². The Morgan fingerprint density at radius 3 is 2.64 bits per heavy atom. The number of carbonyl (C=O) groups excluding carboxylic acids is 1. The largest absolute Gasteiger partial charge is 0.497 e. The average Bonchev–Trinajstić information content (AvgIpc) is 2.56. The van der Waals surface area contributed by atoms with Crippen LogP contribution in [0.3, 0.4) is 0 Å². The number of benzene rings is 2. The van der Waals surface area contributed by atoms with Crippen molar-refractivity contribution < 1.29 is 14.3 Å². The lowest BCUT2D eigenvalue weighted by Gasteiger charge is -2.17. The van der Waals surface area contributed by atoms with Crippen LogP contribution in [0.25, 0.3) is 0 Å². The highest BCUT2D eigenvalue weighted by Gasteiger charge is 2.15. The molecule has 0 aromatic heterocycles. The van der Waals surface area contributed by atoms with E-state index < -0.39 is 0 Å². The van der Waals surface area contributed by atoms with Gasteiger partial charge in [-0.25, -0.2) is 0 Å². The molecule has 1 N–H and O–H groups in total. The number of halogens is 1. The number of rotatable bonds is 6. The molecule has 0 aliphatic heterocycles. The predicted molar refractivity (Wildman–Crippen MR) is 86.5 cm³/mol. The lowest BCUT2D eigenvalue weighted by Crippen LogP contribution is -2.29. The first kappa shape index (κ1) is 16.3. The fourth-order valence-electron chi connectivity index (χ4n) is 2.11. The summed E-state index contributed by atoms with van der Waals surface area (Å²) < 4.78 is 10.6. The summed E-state index contributed by atoms with van der Waals surface area (Å²) in [6, 6.07) is 14.5. The molecular formula is C17H18ClNO3. The van der Waals surface area contributed by atoms with Gasteiger partial charge in [-0.1, -0.05) is 35.9 Å². The van der Waals surface area contributed by atoms with E-state index in [1.807, 2.05) is 24.3 Å². The zero-order valence-corrected chi connectivity index (χ0v) is 13.3. The van der Waals surface area contributed by atoms with Crippen molar-refractivity contribution in [1.82, 2.24) is 5.32 Å². The van der Waals surface area contributed by atoms with Crippen LogP contribution in [0.15, 0.2) is 48.5 Å². The predicted octanol–water partition coefficient (Wildman–Crippen LogP) is 3.47. The zero-order valence-electron chi connectivity index (χ0n) is 12.5. The molecule has 1 atom stereocenters. The van der Waals surface area contributed by atoms with E-state index in [1.165, 1.54) is 0 Å². The number of hydrogen-bond acceptors (Lipinski definition) is 3. The maximum atomic E-state index is 12.2. The first-order valence-corrected chi connectivity index (χ1v) is 7.23. The molecule has 0 spiro atoms. The van der Waals surface area contributed by atoms with Gasteiger partial charge >= 0.3 is 0 Å². The molecule has 0 aliphatic carbocycles. The molecule has 0 saturated heterocycles. The van der Waals surface area contributed by atoms with E-state index in [9.17, 15) is 4.79 Å². The van der Waals surface area contributed by atoms with Crippen LogP contribution in [-0.2, 0) is 4.74 Å². The normalized spacial score (nSPS) is 11.8. The summed E-state index contributed by atoms with van der Waals surface area (Å²) in [5, 5.41) is 3.26.